The van der Waals surface area contributed by atoms with Crippen molar-refractivity contribution in [3.05, 3.63) is 35.9 Å². The summed E-state index contributed by atoms with van der Waals surface area (Å²) in [4.78, 5) is 0. The lowest BCUT2D eigenvalue weighted by molar-refractivity contribution is 1.51. The fourth-order valence-corrected chi connectivity index (χ4v) is 2.38. The molecule has 0 aromatic heterocycles. The van der Waals surface area contributed by atoms with E-state index in [1.807, 2.05) is 6.07 Å². The van der Waals surface area contributed by atoms with Crippen LogP contribution < -0.4 is 0 Å². The standard InChI is InChI=1S/C11H17NSi/c1-10(12-13(2,3)4)11-8-6-5-7-9-11/h5-9H,1-4H3. The maximum Gasteiger partial charge on any atom is 0.172 e. The molecule has 0 amide bonds. The summed E-state index contributed by atoms with van der Waals surface area (Å²) in [6, 6.07) is 10.4. The smallest absolute Gasteiger partial charge is 0.172 e. The van der Waals surface area contributed by atoms with Crippen LogP contribution in [0.2, 0.25) is 19.6 Å². The Bertz CT molecular complexity index is 296. The Balaban J connectivity index is 2.92. The minimum Gasteiger partial charge on any atom is -0.326 e. The number of benzene rings is 1. The Hall–Kier alpha value is -0.893. The highest BCUT2D eigenvalue weighted by Gasteiger charge is 2.11. The van der Waals surface area contributed by atoms with Crippen LogP contribution in [0.4, 0.5) is 0 Å². The van der Waals surface area contributed by atoms with Gasteiger partial charge in [0.2, 0.25) is 0 Å². The fourth-order valence-electron chi connectivity index (χ4n) is 1.25. The predicted molar refractivity (Wildman–Crippen MR) is 62.0 cm³/mol. The molecule has 0 aliphatic heterocycles. The van der Waals surface area contributed by atoms with E-state index in [0.29, 0.717) is 0 Å². The van der Waals surface area contributed by atoms with Crippen molar-refractivity contribution in [2.24, 2.45) is 4.66 Å². The van der Waals surface area contributed by atoms with Crippen LogP contribution >= 0.6 is 0 Å². The molecule has 0 bridgehead atoms. The third kappa shape index (κ3) is 3.55. The average molecular weight is 191 g/mol. The van der Waals surface area contributed by atoms with Gasteiger partial charge < -0.3 is 4.66 Å². The molecule has 1 aromatic rings. The second-order valence-corrected chi connectivity index (χ2v) is 8.80. The average Bonchev–Trinajstić information content (AvgIpc) is 2.03. The molecule has 0 saturated heterocycles. The van der Waals surface area contributed by atoms with E-state index in [1.54, 1.807) is 0 Å². The van der Waals surface area contributed by atoms with E-state index in [4.69, 9.17) is 4.66 Å². The summed E-state index contributed by atoms with van der Waals surface area (Å²) in [6.07, 6.45) is 0. The highest BCUT2D eigenvalue weighted by Crippen LogP contribution is 2.07. The molecule has 0 radical (unpaired) electrons. The van der Waals surface area contributed by atoms with E-state index < -0.39 is 8.24 Å². The lowest BCUT2D eigenvalue weighted by Gasteiger charge is -2.11. The number of nitrogens with zero attached hydrogens (tertiary/aromatic N) is 1. The van der Waals surface area contributed by atoms with Crippen LogP contribution in [0.5, 0.6) is 0 Å². The van der Waals surface area contributed by atoms with Gasteiger partial charge in [0.1, 0.15) is 0 Å². The monoisotopic (exact) mass is 191 g/mol. The van der Waals surface area contributed by atoms with Crippen molar-refractivity contribution in [2.75, 3.05) is 0 Å². The molecule has 0 N–H and O–H groups in total. The second-order valence-electron chi connectivity index (χ2n) is 4.23. The maximum atomic E-state index is 4.74. The molecule has 0 fully saturated rings. The van der Waals surface area contributed by atoms with Crippen LogP contribution in [0, 0.1) is 0 Å². The topological polar surface area (TPSA) is 12.4 Å². The summed E-state index contributed by atoms with van der Waals surface area (Å²) in [5.74, 6) is 0. The molecule has 0 spiro atoms. The molecule has 70 valence electrons. The Kier molecular flexibility index (Phi) is 3.04. The molecule has 0 aliphatic carbocycles. The zero-order chi connectivity index (χ0) is 9.90. The summed E-state index contributed by atoms with van der Waals surface area (Å²) in [7, 11) is -1.32. The molecule has 13 heavy (non-hydrogen) atoms. The van der Waals surface area contributed by atoms with Crippen LogP contribution in [0.15, 0.2) is 35.0 Å². The molecule has 0 aliphatic rings. The van der Waals surface area contributed by atoms with E-state index >= 15 is 0 Å². The van der Waals surface area contributed by atoms with Crippen LogP contribution in [0.1, 0.15) is 12.5 Å². The van der Waals surface area contributed by atoms with Crippen LogP contribution in [0.3, 0.4) is 0 Å². The number of hydrogen-bond donors (Lipinski definition) is 0. The van der Waals surface area contributed by atoms with Gasteiger partial charge in [0.05, 0.1) is 0 Å². The Labute approximate surface area is 81.6 Å². The minimum absolute atomic E-state index is 1.17. The normalized spacial score (nSPS) is 13.1. The number of rotatable bonds is 2. The van der Waals surface area contributed by atoms with Crippen molar-refractivity contribution in [3.8, 4) is 0 Å². The molecular weight excluding hydrogens is 174 g/mol. The summed E-state index contributed by atoms with van der Waals surface area (Å²) >= 11 is 0. The van der Waals surface area contributed by atoms with E-state index in [9.17, 15) is 0 Å². The van der Waals surface area contributed by atoms with Crippen LogP contribution in [-0.2, 0) is 0 Å². The summed E-state index contributed by atoms with van der Waals surface area (Å²) in [5, 5.41) is 0. The molecule has 2 heteroatoms. The predicted octanol–water partition coefficient (Wildman–Crippen LogP) is 3.33. The van der Waals surface area contributed by atoms with Gasteiger partial charge in [-0.1, -0.05) is 30.3 Å². The molecule has 1 rings (SSSR count). The van der Waals surface area contributed by atoms with Crippen LogP contribution in [0.25, 0.3) is 0 Å². The largest absolute Gasteiger partial charge is 0.326 e. The van der Waals surface area contributed by atoms with Gasteiger partial charge in [-0.15, -0.1) is 0 Å². The molecule has 0 saturated carbocycles. The fraction of sp³-hybridized carbons (Fsp3) is 0.364. The van der Waals surface area contributed by atoms with Gasteiger partial charge in [0, 0.05) is 5.71 Å². The minimum atomic E-state index is -1.32. The first kappa shape index (κ1) is 10.2. The Morgan fingerprint density at radius 2 is 1.62 bits per heavy atom. The van der Waals surface area contributed by atoms with E-state index in [1.165, 1.54) is 11.3 Å². The third-order valence-electron chi connectivity index (χ3n) is 1.69. The second kappa shape index (κ2) is 3.88. The van der Waals surface area contributed by atoms with Gasteiger partial charge in [-0.2, -0.15) is 0 Å². The summed E-state index contributed by atoms with van der Waals surface area (Å²) in [6.45, 7) is 8.84. The van der Waals surface area contributed by atoms with E-state index in [-0.39, 0.29) is 0 Å². The first-order valence-corrected chi connectivity index (χ1v) is 8.06. The quantitative estimate of drug-likeness (QED) is 0.502. The van der Waals surface area contributed by atoms with Gasteiger partial charge in [0.15, 0.2) is 8.24 Å². The van der Waals surface area contributed by atoms with Crippen molar-refractivity contribution >= 4 is 13.9 Å². The molecule has 0 heterocycles. The van der Waals surface area contributed by atoms with Crippen molar-refractivity contribution in [1.82, 2.24) is 0 Å². The van der Waals surface area contributed by atoms with E-state index in [2.05, 4.69) is 50.8 Å². The van der Waals surface area contributed by atoms with Crippen molar-refractivity contribution in [2.45, 2.75) is 26.6 Å². The van der Waals surface area contributed by atoms with Crippen molar-refractivity contribution in [3.63, 3.8) is 0 Å². The zero-order valence-corrected chi connectivity index (χ0v) is 9.83. The van der Waals surface area contributed by atoms with Gasteiger partial charge >= 0.3 is 0 Å². The first-order valence-electron chi connectivity index (χ1n) is 4.61. The number of hydrogen-bond acceptors (Lipinski definition) is 1. The molecule has 1 aromatic carbocycles. The van der Waals surface area contributed by atoms with Crippen molar-refractivity contribution < 1.29 is 0 Å². The SMILES string of the molecule is CC(=N[Si](C)(C)C)c1ccccc1. The summed E-state index contributed by atoms with van der Waals surface area (Å²) < 4.78 is 4.74. The highest BCUT2D eigenvalue weighted by atomic mass is 28.3. The lowest BCUT2D eigenvalue weighted by Crippen LogP contribution is -2.19. The molecular formula is C11H17NSi. The third-order valence-corrected chi connectivity index (χ3v) is 2.70. The van der Waals surface area contributed by atoms with Crippen molar-refractivity contribution in [1.29, 1.82) is 0 Å². The Morgan fingerprint density at radius 3 is 2.08 bits per heavy atom. The summed E-state index contributed by atoms with van der Waals surface area (Å²) in [5.41, 5.74) is 2.41. The van der Waals surface area contributed by atoms with Gasteiger partial charge in [-0.05, 0) is 32.1 Å². The van der Waals surface area contributed by atoms with Gasteiger partial charge in [0.25, 0.3) is 0 Å². The van der Waals surface area contributed by atoms with Gasteiger partial charge in [-0.25, -0.2) is 0 Å². The first-order chi connectivity index (χ1) is 5.99. The zero-order valence-electron chi connectivity index (χ0n) is 8.83. The lowest BCUT2D eigenvalue weighted by atomic mass is 10.1. The van der Waals surface area contributed by atoms with E-state index in [0.717, 1.165) is 0 Å². The molecule has 0 unspecified atom stereocenters. The Morgan fingerprint density at radius 1 is 1.08 bits per heavy atom. The highest BCUT2D eigenvalue weighted by molar-refractivity contribution is 6.75. The van der Waals surface area contributed by atoms with Gasteiger partial charge in [-0.3, -0.25) is 0 Å². The molecule has 0 atom stereocenters. The molecule has 1 nitrogen and oxygen atoms in total. The van der Waals surface area contributed by atoms with Crippen LogP contribution in [-0.4, -0.2) is 13.9 Å². The maximum absolute atomic E-state index is 4.74.